The summed E-state index contributed by atoms with van der Waals surface area (Å²) in [5, 5.41) is 0. The third kappa shape index (κ3) is 5.62. The highest BCUT2D eigenvalue weighted by molar-refractivity contribution is 6.17. The average molecular weight is 306 g/mol. The number of rotatable bonds is 7. The Morgan fingerprint density at radius 2 is 1.57 bits per heavy atom. The first-order valence-corrected chi connectivity index (χ1v) is 8.32. The van der Waals surface area contributed by atoms with Gasteiger partial charge in [-0.3, -0.25) is 0 Å². The quantitative estimate of drug-likeness (QED) is 0.249. The Hall–Kier alpha value is -1.77. The first-order valence-electron chi connectivity index (χ1n) is 6.91. The van der Waals surface area contributed by atoms with Crippen LogP contribution < -0.4 is 4.74 Å². The van der Waals surface area contributed by atoms with Crippen LogP contribution in [0.2, 0.25) is 0 Å². The van der Waals surface area contributed by atoms with Crippen LogP contribution in [0.1, 0.15) is 19.4 Å². The maximum Gasteiger partial charge on any atom is 0.345 e. The van der Waals surface area contributed by atoms with E-state index in [0.29, 0.717) is 11.0 Å². The van der Waals surface area contributed by atoms with E-state index in [9.17, 15) is 9.59 Å². The van der Waals surface area contributed by atoms with Gasteiger partial charge in [0.2, 0.25) is 0 Å². The van der Waals surface area contributed by atoms with Gasteiger partial charge in [-0.05, 0) is 37.6 Å². The minimum atomic E-state index is -0.684. The first kappa shape index (κ1) is 17.3. The topological polar surface area (TPSA) is 61.8 Å². The summed E-state index contributed by atoms with van der Waals surface area (Å²) in [6.07, 6.45) is 1.46. The Balaban J connectivity index is 3.00. The Kier molecular flexibility index (Phi) is 7.59. The minimum absolute atomic E-state index is 0.115. The maximum absolute atomic E-state index is 11.8. The molecule has 0 amide bonds. The molecule has 0 unspecified atom stereocenters. The molecule has 21 heavy (non-hydrogen) atoms. The lowest BCUT2D eigenvalue weighted by Gasteiger charge is -2.07. The number of carbonyl (C=O) groups is 2. The molecule has 6 heteroatoms. The molecule has 1 aromatic carbocycles. The zero-order chi connectivity index (χ0) is 15.7. The smallest absolute Gasteiger partial charge is 0.345 e. The van der Waals surface area contributed by atoms with E-state index in [0.717, 1.165) is 22.0 Å². The highest BCUT2D eigenvalue weighted by Crippen LogP contribution is 2.15. The third-order valence-electron chi connectivity index (χ3n) is 2.49. The highest BCUT2D eigenvalue weighted by Gasteiger charge is 2.20. The van der Waals surface area contributed by atoms with Crippen LogP contribution in [0.3, 0.4) is 0 Å². The van der Waals surface area contributed by atoms with Crippen molar-refractivity contribution in [3.8, 4) is 5.75 Å². The van der Waals surface area contributed by atoms with Crippen LogP contribution in [0.5, 0.6) is 5.75 Å². The number of benzene rings is 1. The molecule has 0 radical (unpaired) electrons. The lowest BCUT2D eigenvalue weighted by atomic mass is 10.1. The third-order valence-corrected chi connectivity index (χ3v) is 2.78. The number of esters is 2. The summed E-state index contributed by atoms with van der Waals surface area (Å²) < 4.78 is 15.2. The van der Waals surface area contributed by atoms with Gasteiger partial charge in [0.25, 0.3) is 16.3 Å². The zero-order valence-electron chi connectivity index (χ0n) is 12.5. The highest BCUT2D eigenvalue weighted by atomic mass is 27.0. The molecular formula is C15H19AlO5. The Morgan fingerprint density at radius 1 is 1.05 bits per heavy atom. The molecule has 0 bridgehead atoms. The van der Waals surface area contributed by atoms with Gasteiger partial charge in [0, 0.05) is 5.47 Å². The fraction of sp³-hybridized carbons (Fsp3) is 0.333. The molecule has 5 nitrogen and oxygen atoms in total. The van der Waals surface area contributed by atoms with E-state index in [1.54, 1.807) is 38.1 Å². The Bertz CT molecular complexity index is 487. The van der Waals surface area contributed by atoms with E-state index in [1.165, 1.54) is 6.08 Å². The molecule has 0 saturated heterocycles. The molecule has 0 saturated carbocycles. The van der Waals surface area contributed by atoms with Crippen molar-refractivity contribution in [2.24, 2.45) is 0 Å². The van der Waals surface area contributed by atoms with Crippen molar-refractivity contribution in [1.82, 2.24) is 0 Å². The normalized spacial score (nSPS) is 9.62. The van der Waals surface area contributed by atoms with Gasteiger partial charge >= 0.3 is 11.9 Å². The van der Waals surface area contributed by atoms with Gasteiger partial charge in [-0.15, -0.1) is 0 Å². The van der Waals surface area contributed by atoms with Gasteiger partial charge in [-0.2, -0.15) is 0 Å². The second-order valence-corrected chi connectivity index (χ2v) is 4.58. The molecule has 0 aromatic heterocycles. The SMILES string of the molecule is CCOC(=O)C(=Cc1ccc(O[CH2][AlH2])cc1)C(=O)OCC. The molecule has 0 aliphatic heterocycles. The number of ether oxygens (including phenoxy) is 3. The first-order chi connectivity index (χ1) is 10.1. The Labute approximate surface area is 132 Å². The molecule has 1 aromatic rings. The molecule has 0 heterocycles. The predicted molar refractivity (Wildman–Crippen MR) is 81.7 cm³/mol. The van der Waals surface area contributed by atoms with Gasteiger partial charge in [0.1, 0.15) is 11.3 Å². The number of carbonyl (C=O) groups excluding carboxylic acids is 2. The molecule has 0 fully saturated rings. The van der Waals surface area contributed by atoms with E-state index >= 15 is 0 Å². The van der Waals surface area contributed by atoms with Crippen LogP contribution in [0.15, 0.2) is 29.8 Å². The van der Waals surface area contributed by atoms with Gasteiger partial charge < -0.3 is 14.2 Å². The largest absolute Gasteiger partial charge is 0.510 e. The molecular weight excluding hydrogens is 287 g/mol. The standard InChI is InChI=1S/C15H17O5.Al.2H/c1-4-19-14(16)13(15(17)20-5-2)10-11-6-8-12(18-3)9-7-11;;;/h6-10H,3-5H2,1-2H3;;;. The fourth-order valence-corrected chi connectivity index (χ4v) is 1.95. The minimum Gasteiger partial charge on any atom is -0.510 e. The van der Waals surface area contributed by atoms with Crippen molar-refractivity contribution >= 4 is 34.3 Å². The van der Waals surface area contributed by atoms with E-state index in [1.807, 2.05) is 0 Å². The monoisotopic (exact) mass is 306 g/mol. The van der Waals surface area contributed by atoms with Crippen molar-refractivity contribution in [1.29, 1.82) is 0 Å². The summed E-state index contributed by atoms with van der Waals surface area (Å²) in [6, 6.07) is 7.12. The second-order valence-electron chi connectivity index (χ2n) is 4.00. The maximum atomic E-state index is 11.8. The van der Waals surface area contributed by atoms with Gasteiger partial charge in [0.15, 0.2) is 0 Å². The summed E-state index contributed by atoms with van der Waals surface area (Å²) in [5.41, 5.74) is 1.30. The van der Waals surface area contributed by atoms with Crippen LogP contribution in [0.25, 0.3) is 6.08 Å². The predicted octanol–water partition coefficient (Wildman–Crippen LogP) is 1.17. The fourth-order valence-electron chi connectivity index (χ4n) is 1.61. The summed E-state index contributed by atoms with van der Waals surface area (Å²) in [4.78, 5) is 23.6. The van der Waals surface area contributed by atoms with Gasteiger partial charge in [0.05, 0.1) is 13.2 Å². The van der Waals surface area contributed by atoms with Crippen molar-refractivity contribution in [3.63, 3.8) is 0 Å². The van der Waals surface area contributed by atoms with Gasteiger partial charge in [-0.25, -0.2) is 9.59 Å². The summed E-state index contributed by atoms with van der Waals surface area (Å²) in [7, 11) is 0. The summed E-state index contributed by atoms with van der Waals surface area (Å²) in [5.74, 6) is -0.609. The Morgan fingerprint density at radius 3 is 2.00 bits per heavy atom. The zero-order valence-corrected chi connectivity index (χ0v) is 14.5. The van der Waals surface area contributed by atoms with Crippen LogP contribution in [-0.4, -0.2) is 46.9 Å². The molecule has 0 aliphatic rings. The molecule has 0 N–H and O–H groups in total. The van der Waals surface area contributed by atoms with Crippen molar-refractivity contribution < 1.29 is 23.8 Å². The van der Waals surface area contributed by atoms with E-state index in [2.05, 4.69) is 0 Å². The molecule has 0 aliphatic carbocycles. The van der Waals surface area contributed by atoms with E-state index < -0.39 is 11.9 Å². The van der Waals surface area contributed by atoms with Crippen molar-refractivity contribution in [2.75, 3.05) is 18.7 Å². The summed E-state index contributed by atoms with van der Waals surface area (Å²) in [6.45, 7) is 3.76. The van der Waals surface area contributed by atoms with Crippen molar-refractivity contribution in [2.45, 2.75) is 13.8 Å². The lowest BCUT2D eigenvalue weighted by Crippen LogP contribution is -2.18. The van der Waals surface area contributed by atoms with E-state index in [-0.39, 0.29) is 18.8 Å². The molecule has 0 atom stereocenters. The summed E-state index contributed by atoms with van der Waals surface area (Å²) >= 11 is 0.959. The lowest BCUT2D eigenvalue weighted by molar-refractivity contribution is -0.146. The van der Waals surface area contributed by atoms with E-state index in [4.69, 9.17) is 14.2 Å². The molecule has 0 spiro atoms. The van der Waals surface area contributed by atoms with Crippen LogP contribution in [0.4, 0.5) is 0 Å². The average Bonchev–Trinajstić information content (AvgIpc) is 2.47. The van der Waals surface area contributed by atoms with Crippen LogP contribution in [0, 0.1) is 0 Å². The number of hydrogen-bond acceptors (Lipinski definition) is 5. The van der Waals surface area contributed by atoms with Crippen LogP contribution >= 0.6 is 0 Å². The molecule has 1 rings (SSSR count). The number of hydrogen-bond donors (Lipinski definition) is 0. The van der Waals surface area contributed by atoms with Crippen molar-refractivity contribution in [3.05, 3.63) is 35.4 Å². The second kappa shape index (κ2) is 9.22. The molecule has 112 valence electrons. The van der Waals surface area contributed by atoms with Crippen LogP contribution in [-0.2, 0) is 19.1 Å². The van der Waals surface area contributed by atoms with Gasteiger partial charge in [-0.1, -0.05) is 12.1 Å².